The molecule has 8 nitrogen and oxygen atoms in total. The molecular weight excluding hydrogens is 454 g/mol. The number of amides is 2. The molecule has 0 N–H and O–H groups in total. The third-order valence-corrected chi connectivity index (χ3v) is 5.99. The Kier molecular flexibility index (Phi) is 8.55. The van der Waals surface area contributed by atoms with E-state index in [9.17, 15) is 14.4 Å². The summed E-state index contributed by atoms with van der Waals surface area (Å²) in [5, 5.41) is 4.37. The van der Waals surface area contributed by atoms with Gasteiger partial charge in [-0.1, -0.05) is 37.8 Å². The van der Waals surface area contributed by atoms with E-state index in [1.165, 1.54) is 5.56 Å². The van der Waals surface area contributed by atoms with E-state index in [1.807, 2.05) is 48.6 Å². The van der Waals surface area contributed by atoms with Gasteiger partial charge >= 0.3 is 0 Å². The number of nitrogens with zero attached hydrogens (tertiary/aromatic N) is 5. The maximum Gasteiger partial charge on any atom is 0.259 e. The zero-order chi connectivity index (χ0) is 26.1. The molecule has 2 aliphatic heterocycles. The molecule has 0 unspecified atom stereocenters. The second-order valence-corrected chi connectivity index (χ2v) is 11.2. The largest absolute Gasteiger partial charge is 0.383 e. The number of aromatic nitrogens is 2. The van der Waals surface area contributed by atoms with Gasteiger partial charge in [-0.05, 0) is 47.1 Å². The third-order valence-electron chi connectivity index (χ3n) is 5.99. The number of Topliss-reactive ketones (excluding diaryl/α,β-unsaturated/α-hetero) is 1. The zero-order valence-corrected chi connectivity index (χ0v) is 22.1. The van der Waals surface area contributed by atoms with Crippen molar-refractivity contribution < 1.29 is 14.4 Å². The van der Waals surface area contributed by atoms with Gasteiger partial charge in [0.25, 0.3) is 11.8 Å². The molecule has 2 aromatic rings. The number of rotatable bonds is 3. The quantitative estimate of drug-likeness (QED) is 0.476. The molecule has 1 fully saturated rings. The van der Waals surface area contributed by atoms with Crippen molar-refractivity contribution in [3.63, 3.8) is 0 Å². The van der Waals surface area contributed by atoms with E-state index in [1.54, 1.807) is 36.3 Å². The Bertz CT molecular complexity index is 1130. The summed E-state index contributed by atoms with van der Waals surface area (Å²) in [6.45, 7) is 13.5. The minimum absolute atomic E-state index is 0. The molecule has 2 aliphatic rings. The van der Waals surface area contributed by atoms with Crippen molar-refractivity contribution in [2.45, 2.75) is 73.1 Å². The highest BCUT2D eigenvalue weighted by Gasteiger charge is 2.39. The number of hydrogen-bond donors (Lipinski definition) is 0. The van der Waals surface area contributed by atoms with Crippen LogP contribution in [0.2, 0.25) is 0 Å². The van der Waals surface area contributed by atoms with Gasteiger partial charge in [-0.3, -0.25) is 19.1 Å². The second-order valence-electron chi connectivity index (χ2n) is 11.2. The average Bonchev–Trinajstić information content (AvgIpc) is 3.38. The van der Waals surface area contributed by atoms with Crippen LogP contribution in [0.5, 0.6) is 0 Å². The summed E-state index contributed by atoms with van der Waals surface area (Å²) in [6, 6.07) is 10.2. The third kappa shape index (κ3) is 6.22. The van der Waals surface area contributed by atoms with Crippen LogP contribution in [0.1, 0.15) is 70.6 Å². The first-order valence-corrected chi connectivity index (χ1v) is 11.8. The van der Waals surface area contributed by atoms with Gasteiger partial charge < -0.3 is 14.7 Å². The summed E-state index contributed by atoms with van der Waals surface area (Å²) in [6.07, 6.45) is 3.29. The van der Waals surface area contributed by atoms with Crippen LogP contribution in [-0.2, 0) is 22.7 Å². The standard InChI is InChI=1S/C16H19N3O.C11H18N2O2.CH4/c1-16(2,3)18-11-14-13(15(18)20)9-17-19(14)10-12-7-5-4-6-8-12;1-11(2,3)13-7-9(14)8(10(13)15)6-12(4)5;/h4-9H,10-11H2,1-3H3;6H,7H2,1-5H3;1H4/b;8-6+;. The minimum Gasteiger partial charge on any atom is -0.383 e. The smallest absolute Gasteiger partial charge is 0.259 e. The van der Waals surface area contributed by atoms with E-state index < -0.39 is 0 Å². The van der Waals surface area contributed by atoms with E-state index in [-0.39, 0.29) is 48.2 Å². The molecule has 2 amide bonds. The van der Waals surface area contributed by atoms with Crippen LogP contribution < -0.4 is 0 Å². The molecule has 1 saturated heterocycles. The van der Waals surface area contributed by atoms with Crippen LogP contribution >= 0.6 is 0 Å². The van der Waals surface area contributed by atoms with Crippen LogP contribution in [0.3, 0.4) is 0 Å². The number of carbonyl (C=O) groups excluding carboxylic acids is 3. The van der Waals surface area contributed by atoms with Crippen LogP contribution in [0.4, 0.5) is 0 Å². The summed E-state index contributed by atoms with van der Waals surface area (Å²) in [4.78, 5) is 41.1. The molecule has 1 aromatic carbocycles. The zero-order valence-electron chi connectivity index (χ0n) is 22.1. The SMILES string of the molecule is C.CC(C)(C)N1Cc2c(cnn2Cc2ccccc2)C1=O.CN(C)/C=C1\C(=O)CN(C(C)(C)C)C1=O. The van der Waals surface area contributed by atoms with Crippen LogP contribution in [0.25, 0.3) is 0 Å². The molecule has 0 spiro atoms. The predicted molar refractivity (Wildman–Crippen MR) is 142 cm³/mol. The molecule has 4 rings (SSSR count). The highest BCUT2D eigenvalue weighted by molar-refractivity contribution is 6.25. The summed E-state index contributed by atoms with van der Waals surface area (Å²) in [5.74, 6) is -0.170. The lowest BCUT2D eigenvalue weighted by Gasteiger charge is -2.31. The minimum atomic E-state index is -0.297. The molecule has 0 saturated carbocycles. The number of benzene rings is 1. The van der Waals surface area contributed by atoms with Crippen LogP contribution in [0.15, 0.2) is 48.3 Å². The summed E-state index contributed by atoms with van der Waals surface area (Å²) < 4.78 is 1.94. The van der Waals surface area contributed by atoms with Crippen LogP contribution in [0, 0.1) is 0 Å². The average molecular weight is 496 g/mol. The van der Waals surface area contributed by atoms with E-state index in [0.717, 1.165) is 11.3 Å². The van der Waals surface area contributed by atoms with E-state index in [2.05, 4.69) is 38.0 Å². The van der Waals surface area contributed by atoms with Gasteiger partial charge in [0, 0.05) is 31.4 Å². The fourth-order valence-electron chi connectivity index (χ4n) is 4.05. The molecule has 0 atom stereocenters. The fraction of sp³-hybridized carbons (Fsp3) is 0.500. The van der Waals surface area contributed by atoms with Crippen molar-refractivity contribution in [3.05, 3.63) is 65.1 Å². The first-order chi connectivity index (χ1) is 16.2. The number of ketones is 1. The number of likely N-dealkylation sites (tertiary alicyclic amines) is 1. The van der Waals surface area contributed by atoms with Crippen LogP contribution in [-0.4, -0.2) is 73.8 Å². The first-order valence-electron chi connectivity index (χ1n) is 11.8. The van der Waals surface area contributed by atoms with E-state index in [4.69, 9.17) is 0 Å². The molecule has 196 valence electrons. The van der Waals surface area contributed by atoms with Crippen molar-refractivity contribution in [3.8, 4) is 0 Å². The van der Waals surface area contributed by atoms with Gasteiger partial charge in [0.15, 0.2) is 5.78 Å². The monoisotopic (exact) mass is 495 g/mol. The Hall–Kier alpha value is -3.42. The normalized spacial score (nSPS) is 16.7. The van der Waals surface area contributed by atoms with Gasteiger partial charge in [-0.15, -0.1) is 0 Å². The van der Waals surface area contributed by atoms with Crippen molar-refractivity contribution in [2.24, 2.45) is 0 Å². The lowest BCUT2D eigenvalue weighted by molar-refractivity contribution is -0.129. The van der Waals surface area contributed by atoms with Gasteiger partial charge in [-0.2, -0.15) is 5.10 Å². The molecule has 3 heterocycles. The highest BCUT2D eigenvalue weighted by Crippen LogP contribution is 2.29. The second kappa shape index (κ2) is 10.7. The summed E-state index contributed by atoms with van der Waals surface area (Å²) >= 11 is 0. The predicted octanol–water partition coefficient (Wildman–Crippen LogP) is 3.96. The Morgan fingerprint density at radius 1 is 0.889 bits per heavy atom. The molecule has 0 aliphatic carbocycles. The Morgan fingerprint density at radius 2 is 1.44 bits per heavy atom. The van der Waals surface area contributed by atoms with Crippen molar-refractivity contribution in [1.29, 1.82) is 0 Å². The van der Waals surface area contributed by atoms with Gasteiger partial charge in [0.05, 0.1) is 37.1 Å². The molecule has 8 heteroatoms. The molecule has 1 aromatic heterocycles. The Balaban J connectivity index is 0.000000258. The highest BCUT2D eigenvalue weighted by atomic mass is 16.2. The van der Waals surface area contributed by atoms with E-state index >= 15 is 0 Å². The lowest BCUT2D eigenvalue weighted by Crippen LogP contribution is -2.42. The van der Waals surface area contributed by atoms with Crippen molar-refractivity contribution in [1.82, 2.24) is 24.5 Å². The summed E-state index contributed by atoms with van der Waals surface area (Å²) in [7, 11) is 3.60. The number of fused-ring (bicyclic) bond motifs is 1. The molecule has 36 heavy (non-hydrogen) atoms. The molecular formula is C28H41N5O3. The number of carbonyl (C=O) groups is 3. The molecule has 0 radical (unpaired) electrons. The Labute approximate surface area is 215 Å². The maximum atomic E-state index is 12.4. The van der Waals surface area contributed by atoms with E-state index in [0.29, 0.717) is 13.1 Å². The fourth-order valence-corrected chi connectivity index (χ4v) is 4.05. The topological polar surface area (TPSA) is 78.8 Å². The summed E-state index contributed by atoms with van der Waals surface area (Å²) in [5.41, 5.74) is 2.79. The first kappa shape index (κ1) is 28.8. The van der Waals surface area contributed by atoms with Crippen molar-refractivity contribution >= 4 is 17.6 Å². The Morgan fingerprint density at radius 3 is 1.94 bits per heavy atom. The lowest BCUT2D eigenvalue weighted by atomic mass is 10.1. The van der Waals surface area contributed by atoms with Crippen molar-refractivity contribution in [2.75, 3.05) is 20.6 Å². The van der Waals surface area contributed by atoms with Gasteiger partial charge in [0.2, 0.25) is 0 Å². The maximum absolute atomic E-state index is 12.4. The van der Waals surface area contributed by atoms with Gasteiger partial charge in [0.1, 0.15) is 5.57 Å². The van der Waals surface area contributed by atoms with Gasteiger partial charge in [-0.25, -0.2) is 0 Å². The molecule has 0 bridgehead atoms. The number of hydrogen-bond acceptors (Lipinski definition) is 5.